The second-order valence-corrected chi connectivity index (χ2v) is 9.31. The molecule has 1 saturated heterocycles. The van der Waals surface area contributed by atoms with Crippen LogP contribution in [0.3, 0.4) is 0 Å². The Balaban J connectivity index is 1.83. The highest BCUT2D eigenvalue weighted by molar-refractivity contribution is 5.97. The summed E-state index contributed by atoms with van der Waals surface area (Å²) < 4.78 is 11.4. The van der Waals surface area contributed by atoms with Gasteiger partial charge in [-0.15, -0.1) is 0 Å². The van der Waals surface area contributed by atoms with Crippen molar-refractivity contribution in [1.82, 2.24) is 15.5 Å². The van der Waals surface area contributed by atoms with E-state index in [9.17, 15) is 14.4 Å². The molecular formula is C26H36N4O5. The summed E-state index contributed by atoms with van der Waals surface area (Å²) >= 11 is 0. The van der Waals surface area contributed by atoms with Gasteiger partial charge >= 0.3 is 0 Å². The molecule has 1 fully saturated rings. The monoisotopic (exact) mass is 484 g/mol. The molecule has 0 spiro atoms. The van der Waals surface area contributed by atoms with E-state index in [1.807, 2.05) is 39.0 Å². The smallest absolute Gasteiger partial charge is 0.252 e. The number of hydrogen-bond acceptors (Lipinski definition) is 6. The van der Waals surface area contributed by atoms with Crippen molar-refractivity contribution in [1.29, 1.82) is 0 Å². The van der Waals surface area contributed by atoms with Gasteiger partial charge in [-0.25, -0.2) is 0 Å². The van der Waals surface area contributed by atoms with Crippen molar-refractivity contribution in [2.24, 2.45) is 5.73 Å². The molecule has 0 saturated carbocycles. The van der Waals surface area contributed by atoms with Crippen molar-refractivity contribution in [3.63, 3.8) is 0 Å². The Morgan fingerprint density at radius 3 is 2.57 bits per heavy atom. The average molecular weight is 485 g/mol. The number of nitrogens with zero attached hydrogens (tertiary/aromatic N) is 1. The van der Waals surface area contributed by atoms with E-state index >= 15 is 0 Å². The van der Waals surface area contributed by atoms with E-state index in [1.54, 1.807) is 24.2 Å². The van der Waals surface area contributed by atoms with E-state index in [0.29, 0.717) is 43.0 Å². The Bertz CT molecular complexity index is 1030. The molecule has 1 aromatic carbocycles. The minimum atomic E-state index is -1.20. The molecule has 0 radical (unpaired) electrons. The number of likely N-dealkylation sites (N-methyl/N-ethyl adjacent to an activating group) is 1. The lowest BCUT2D eigenvalue weighted by Crippen LogP contribution is -2.56. The summed E-state index contributed by atoms with van der Waals surface area (Å²) in [5.41, 5.74) is 6.06. The molecule has 2 aliphatic rings. The van der Waals surface area contributed by atoms with E-state index in [0.717, 1.165) is 5.56 Å². The van der Waals surface area contributed by atoms with Crippen LogP contribution >= 0.6 is 0 Å². The van der Waals surface area contributed by atoms with Crippen LogP contribution in [0.4, 0.5) is 0 Å². The van der Waals surface area contributed by atoms with Crippen molar-refractivity contribution in [2.45, 2.75) is 64.1 Å². The summed E-state index contributed by atoms with van der Waals surface area (Å²) in [6, 6.07) is 5.61. The number of benzene rings is 1. The van der Waals surface area contributed by atoms with Crippen molar-refractivity contribution in [3.8, 4) is 11.5 Å². The van der Waals surface area contributed by atoms with Gasteiger partial charge in [0, 0.05) is 44.6 Å². The fourth-order valence-corrected chi connectivity index (χ4v) is 4.72. The Morgan fingerprint density at radius 2 is 2.03 bits per heavy atom. The number of dihydropyridines is 1. The maximum absolute atomic E-state index is 12.6. The highest BCUT2D eigenvalue weighted by Gasteiger charge is 2.43. The lowest BCUT2D eigenvalue weighted by molar-refractivity contribution is -0.131. The number of amides is 3. The first-order chi connectivity index (χ1) is 16.6. The van der Waals surface area contributed by atoms with Crippen LogP contribution in [0.25, 0.3) is 0 Å². The molecule has 3 amide bonds. The van der Waals surface area contributed by atoms with E-state index < -0.39 is 11.4 Å². The van der Waals surface area contributed by atoms with Gasteiger partial charge in [0.05, 0.1) is 18.8 Å². The lowest BCUT2D eigenvalue weighted by Gasteiger charge is -2.35. The third-order valence-electron chi connectivity index (χ3n) is 6.47. The summed E-state index contributed by atoms with van der Waals surface area (Å²) in [5.74, 6) is 0.500. The number of hydrogen-bond donors (Lipinski definition) is 3. The molecule has 4 N–H and O–H groups in total. The Kier molecular flexibility index (Phi) is 8.09. The zero-order chi connectivity index (χ0) is 25.8. The highest BCUT2D eigenvalue weighted by atomic mass is 16.5. The quantitative estimate of drug-likeness (QED) is 0.493. The number of carbonyl (C=O) groups excluding carboxylic acids is 3. The summed E-state index contributed by atoms with van der Waals surface area (Å²) in [4.78, 5) is 39.0. The van der Waals surface area contributed by atoms with Crippen molar-refractivity contribution in [2.75, 3.05) is 20.2 Å². The summed E-state index contributed by atoms with van der Waals surface area (Å²) in [6.07, 6.45) is 5.69. The third kappa shape index (κ3) is 5.78. The standard InChI is InChI=1S/C26H36N4O5/c1-6-28-24(32)19-9-10-26(25(27)33,29-14-19)13-21-11-20(15-30(21)17(4)31)18-7-8-22(34-5)23(12-18)35-16(2)3/h7-10,12,14,16,20-21,29H,6,11,13,15H2,1-5H3,(H2,27,33)(H,28,32)/t20-,21-,26?/m1/s1. The van der Waals surface area contributed by atoms with Crippen LogP contribution in [0.2, 0.25) is 0 Å². The molecule has 3 atom stereocenters. The van der Waals surface area contributed by atoms with Crippen molar-refractivity contribution in [3.05, 3.63) is 47.7 Å². The van der Waals surface area contributed by atoms with E-state index in [4.69, 9.17) is 15.2 Å². The maximum atomic E-state index is 12.6. The number of nitrogens with one attached hydrogen (secondary N) is 2. The van der Waals surface area contributed by atoms with Gasteiger partial charge in [-0.2, -0.15) is 0 Å². The first kappa shape index (κ1) is 26.1. The molecule has 35 heavy (non-hydrogen) atoms. The average Bonchev–Trinajstić information content (AvgIpc) is 3.23. The topological polar surface area (TPSA) is 123 Å². The van der Waals surface area contributed by atoms with Gasteiger partial charge in [0.15, 0.2) is 11.5 Å². The predicted molar refractivity (Wildman–Crippen MR) is 133 cm³/mol. The number of primary amides is 1. The molecule has 0 aliphatic carbocycles. The SMILES string of the molecule is CCNC(=O)C1=CNC(C[C@H]2C[C@@H](c3ccc(OC)c(OC(C)C)c3)CN2C(C)=O)(C(N)=O)C=C1. The molecular weight excluding hydrogens is 448 g/mol. The maximum Gasteiger partial charge on any atom is 0.252 e. The van der Waals surface area contributed by atoms with Gasteiger partial charge in [-0.1, -0.05) is 6.07 Å². The lowest BCUT2D eigenvalue weighted by atomic mass is 9.84. The van der Waals surface area contributed by atoms with Gasteiger partial charge in [-0.05, 0) is 57.0 Å². The van der Waals surface area contributed by atoms with Crippen LogP contribution in [0, 0.1) is 0 Å². The third-order valence-corrected chi connectivity index (χ3v) is 6.47. The second-order valence-electron chi connectivity index (χ2n) is 9.31. The Hall–Kier alpha value is -3.49. The minimum Gasteiger partial charge on any atom is -0.493 e. The molecule has 1 unspecified atom stereocenters. The number of methoxy groups -OCH3 is 1. The fraction of sp³-hybridized carbons (Fsp3) is 0.500. The van der Waals surface area contributed by atoms with Crippen LogP contribution in [-0.4, -0.2) is 60.5 Å². The minimum absolute atomic E-state index is 0.0128. The van der Waals surface area contributed by atoms with Crippen molar-refractivity contribution >= 4 is 17.7 Å². The highest BCUT2D eigenvalue weighted by Crippen LogP contribution is 2.39. The largest absolute Gasteiger partial charge is 0.493 e. The van der Waals surface area contributed by atoms with Crippen LogP contribution in [0.1, 0.15) is 52.0 Å². The Morgan fingerprint density at radius 1 is 1.29 bits per heavy atom. The summed E-state index contributed by atoms with van der Waals surface area (Å²) in [7, 11) is 1.60. The zero-order valence-corrected chi connectivity index (χ0v) is 21.1. The summed E-state index contributed by atoms with van der Waals surface area (Å²) in [5, 5.41) is 5.78. The number of carbonyl (C=O) groups is 3. The van der Waals surface area contributed by atoms with Gasteiger partial charge in [0.2, 0.25) is 11.8 Å². The van der Waals surface area contributed by atoms with Gasteiger partial charge in [-0.3, -0.25) is 14.4 Å². The van der Waals surface area contributed by atoms with Crippen LogP contribution in [-0.2, 0) is 14.4 Å². The molecule has 3 rings (SSSR count). The number of likely N-dealkylation sites (tertiary alicyclic amines) is 1. The van der Waals surface area contributed by atoms with E-state index in [-0.39, 0.29) is 29.9 Å². The molecule has 0 bridgehead atoms. The molecule has 190 valence electrons. The Labute approximate surface area is 206 Å². The van der Waals surface area contributed by atoms with Gasteiger partial charge in [0.1, 0.15) is 5.54 Å². The molecule has 9 heteroatoms. The number of rotatable bonds is 9. The van der Waals surface area contributed by atoms with E-state index in [1.165, 1.54) is 13.1 Å². The molecule has 1 aromatic rings. The molecule has 9 nitrogen and oxygen atoms in total. The van der Waals surface area contributed by atoms with Crippen LogP contribution in [0.5, 0.6) is 11.5 Å². The molecule has 0 aromatic heterocycles. The fourth-order valence-electron chi connectivity index (χ4n) is 4.72. The normalized spacial score (nSPS) is 23.5. The van der Waals surface area contributed by atoms with Gasteiger partial charge < -0.3 is 30.7 Å². The van der Waals surface area contributed by atoms with Crippen LogP contribution < -0.4 is 25.8 Å². The van der Waals surface area contributed by atoms with Crippen molar-refractivity contribution < 1.29 is 23.9 Å². The zero-order valence-electron chi connectivity index (χ0n) is 21.1. The van der Waals surface area contributed by atoms with Crippen LogP contribution in [0.15, 0.2) is 42.1 Å². The number of nitrogens with two attached hydrogens (primary N) is 1. The molecule has 2 aliphatic heterocycles. The first-order valence-electron chi connectivity index (χ1n) is 12.0. The first-order valence-corrected chi connectivity index (χ1v) is 12.0. The predicted octanol–water partition coefficient (Wildman–Crippen LogP) is 1.98. The van der Waals surface area contributed by atoms with E-state index in [2.05, 4.69) is 10.6 Å². The summed E-state index contributed by atoms with van der Waals surface area (Å²) in [6.45, 7) is 8.29. The number of ether oxygens (including phenoxy) is 2. The molecule has 2 heterocycles. The second kappa shape index (κ2) is 10.8. The van der Waals surface area contributed by atoms with Gasteiger partial charge in [0.25, 0.3) is 5.91 Å².